The Kier molecular flexibility index (Phi) is 5.32. The number of amides is 1. The number of benzene rings is 1. The van der Waals surface area contributed by atoms with Crippen LogP contribution in [0.3, 0.4) is 0 Å². The SMILES string of the molecule is CNC(=O)C(C)NCc1ccccc1CC(=O)O. The van der Waals surface area contributed by atoms with Crippen LogP contribution in [0.15, 0.2) is 24.3 Å². The van der Waals surface area contributed by atoms with Gasteiger partial charge in [-0.1, -0.05) is 24.3 Å². The Labute approximate surface area is 106 Å². The van der Waals surface area contributed by atoms with Gasteiger partial charge in [-0.05, 0) is 18.1 Å². The molecule has 1 aromatic rings. The van der Waals surface area contributed by atoms with Crippen LogP contribution in [0, 0.1) is 0 Å². The van der Waals surface area contributed by atoms with E-state index in [0.29, 0.717) is 6.54 Å². The maximum Gasteiger partial charge on any atom is 0.307 e. The average molecular weight is 250 g/mol. The van der Waals surface area contributed by atoms with Crippen LogP contribution >= 0.6 is 0 Å². The summed E-state index contributed by atoms with van der Waals surface area (Å²) < 4.78 is 0. The lowest BCUT2D eigenvalue weighted by Gasteiger charge is -2.14. The van der Waals surface area contributed by atoms with Gasteiger partial charge in [-0.15, -0.1) is 0 Å². The predicted octanol–water partition coefficient (Wildman–Crippen LogP) is 0.538. The normalized spacial score (nSPS) is 11.9. The fourth-order valence-corrected chi connectivity index (χ4v) is 1.64. The first kappa shape index (κ1) is 14.2. The minimum Gasteiger partial charge on any atom is -0.481 e. The van der Waals surface area contributed by atoms with Crippen LogP contribution in [0.4, 0.5) is 0 Å². The summed E-state index contributed by atoms with van der Waals surface area (Å²) in [6.07, 6.45) is -0.00773. The Bertz CT molecular complexity index is 432. The first-order chi connectivity index (χ1) is 8.54. The lowest BCUT2D eigenvalue weighted by molar-refractivity contribution is -0.136. The number of rotatable bonds is 6. The molecule has 0 aromatic heterocycles. The van der Waals surface area contributed by atoms with Gasteiger partial charge in [-0.2, -0.15) is 0 Å². The van der Waals surface area contributed by atoms with E-state index in [0.717, 1.165) is 11.1 Å². The molecule has 1 unspecified atom stereocenters. The fraction of sp³-hybridized carbons (Fsp3) is 0.385. The second kappa shape index (κ2) is 6.76. The fourth-order valence-electron chi connectivity index (χ4n) is 1.64. The molecule has 0 radical (unpaired) electrons. The van der Waals surface area contributed by atoms with Crippen molar-refractivity contribution in [2.45, 2.75) is 25.9 Å². The van der Waals surface area contributed by atoms with Crippen LogP contribution in [0.2, 0.25) is 0 Å². The van der Waals surface area contributed by atoms with E-state index in [4.69, 9.17) is 5.11 Å². The third kappa shape index (κ3) is 4.18. The van der Waals surface area contributed by atoms with Crippen molar-refractivity contribution < 1.29 is 14.7 Å². The Morgan fingerprint density at radius 1 is 1.28 bits per heavy atom. The molecular weight excluding hydrogens is 232 g/mol. The van der Waals surface area contributed by atoms with Crippen LogP contribution < -0.4 is 10.6 Å². The number of hydrogen-bond acceptors (Lipinski definition) is 3. The summed E-state index contributed by atoms with van der Waals surface area (Å²) in [5.41, 5.74) is 1.66. The molecule has 0 aliphatic heterocycles. The maximum absolute atomic E-state index is 11.3. The Morgan fingerprint density at radius 2 is 1.89 bits per heavy atom. The summed E-state index contributed by atoms with van der Waals surface area (Å²) in [5.74, 6) is -0.951. The third-order valence-corrected chi connectivity index (χ3v) is 2.70. The molecule has 0 bridgehead atoms. The van der Waals surface area contributed by atoms with Crippen LogP contribution in [0.25, 0.3) is 0 Å². The van der Waals surface area contributed by atoms with E-state index in [2.05, 4.69) is 10.6 Å². The number of carbonyl (C=O) groups is 2. The highest BCUT2D eigenvalue weighted by Crippen LogP contribution is 2.09. The van der Waals surface area contributed by atoms with E-state index >= 15 is 0 Å². The van der Waals surface area contributed by atoms with Crippen molar-refractivity contribution in [3.8, 4) is 0 Å². The van der Waals surface area contributed by atoms with Gasteiger partial charge in [-0.3, -0.25) is 9.59 Å². The highest BCUT2D eigenvalue weighted by Gasteiger charge is 2.11. The topological polar surface area (TPSA) is 78.4 Å². The summed E-state index contributed by atoms with van der Waals surface area (Å²) >= 11 is 0. The van der Waals surface area contributed by atoms with Gasteiger partial charge in [0.2, 0.25) is 5.91 Å². The second-order valence-electron chi connectivity index (χ2n) is 4.06. The van der Waals surface area contributed by atoms with Crippen molar-refractivity contribution in [2.24, 2.45) is 0 Å². The molecule has 1 rings (SSSR count). The van der Waals surface area contributed by atoms with Crippen LogP contribution in [-0.2, 0) is 22.6 Å². The molecule has 0 saturated carbocycles. The van der Waals surface area contributed by atoms with Crippen molar-refractivity contribution in [3.63, 3.8) is 0 Å². The van der Waals surface area contributed by atoms with Crippen molar-refractivity contribution >= 4 is 11.9 Å². The molecule has 3 N–H and O–H groups in total. The molecule has 0 fully saturated rings. The summed E-state index contributed by atoms with van der Waals surface area (Å²) in [5, 5.41) is 14.4. The minimum absolute atomic E-state index is 0.00773. The zero-order chi connectivity index (χ0) is 13.5. The van der Waals surface area contributed by atoms with E-state index in [1.165, 1.54) is 0 Å². The summed E-state index contributed by atoms with van der Waals surface area (Å²) in [6, 6.07) is 7.00. The summed E-state index contributed by atoms with van der Waals surface area (Å²) in [7, 11) is 1.58. The highest BCUT2D eigenvalue weighted by atomic mass is 16.4. The van der Waals surface area contributed by atoms with Crippen molar-refractivity contribution in [3.05, 3.63) is 35.4 Å². The lowest BCUT2D eigenvalue weighted by Crippen LogP contribution is -2.40. The van der Waals surface area contributed by atoms with Crippen LogP contribution in [-0.4, -0.2) is 30.1 Å². The van der Waals surface area contributed by atoms with Gasteiger partial charge < -0.3 is 15.7 Å². The van der Waals surface area contributed by atoms with Gasteiger partial charge in [-0.25, -0.2) is 0 Å². The van der Waals surface area contributed by atoms with Crippen LogP contribution in [0.5, 0.6) is 0 Å². The molecular formula is C13H18N2O3. The molecule has 5 heteroatoms. The number of carboxylic acid groups (broad SMARTS) is 1. The first-order valence-corrected chi connectivity index (χ1v) is 5.78. The van der Waals surface area contributed by atoms with Gasteiger partial charge in [0.15, 0.2) is 0 Å². The summed E-state index contributed by atoms with van der Waals surface area (Å²) in [6.45, 7) is 2.23. The standard InChI is InChI=1S/C13H18N2O3/c1-9(13(18)14-2)15-8-11-6-4-3-5-10(11)7-12(16)17/h3-6,9,15H,7-8H2,1-2H3,(H,14,18)(H,16,17). The van der Waals surface area contributed by atoms with E-state index in [1.807, 2.05) is 18.2 Å². The van der Waals surface area contributed by atoms with Crippen molar-refractivity contribution in [1.82, 2.24) is 10.6 Å². The number of aliphatic carboxylic acids is 1. The lowest BCUT2D eigenvalue weighted by atomic mass is 10.0. The van der Waals surface area contributed by atoms with Gasteiger partial charge in [0, 0.05) is 13.6 Å². The quantitative estimate of drug-likeness (QED) is 0.688. The molecule has 98 valence electrons. The number of likely N-dealkylation sites (N-methyl/N-ethyl adjacent to an activating group) is 1. The Balaban J connectivity index is 2.66. The van der Waals surface area contributed by atoms with Gasteiger partial charge in [0.05, 0.1) is 12.5 Å². The number of carbonyl (C=O) groups excluding carboxylic acids is 1. The average Bonchev–Trinajstić information content (AvgIpc) is 2.35. The minimum atomic E-state index is -0.859. The molecule has 0 aliphatic rings. The van der Waals surface area contributed by atoms with Gasteiger partial charge >= 0.3 is 5.97 Å². The molecule has 0 aliphatic carbocycles. The molecule has 5 nitrogen and oxygen atoms in total. The van der Waals surface area contributed by atoms with Crippen molar-refractivity contribution in [1.29, 1.82) is 0 Å². The van der Waals surface area contributed by atoms with Crippen LogP contribution in [0.1, 0.15) is 18.1 Å². The van der Waals surface area contributed by atoms with E-state index in [1.54, 1.807) is 20.0 Å². The smallest absolute Gasteiger partial charge is 0.307 e. The predicted molar refractivity (Wildman–Crippen MR) is 68.2 cm³/mol. The molecule has 0 spiro atoms. The molecule has 0 saturated heterocycles. The van der Waals surface area contributed by atoms with E-state index < -0.39 is 5.97 Å². The molecule has 1 atom stereocenters. The number of hydrogen-bond donors (Lipinski definition) is 3. The molecule has 1 amide bonds. The molecule has 18 heavy (non-hydrogen) atoms. The van der Waals surface area contributed by atoms with E-state index in [-0.39, 0.29) is 18.4 Å². The largest absolute Gasteiger partial charge is 0.481 e. The summed E-state index contributed by atoms with van der Waals surface area (Å²) in [4.78, 5) is 22.1. The first-order valence-electron chi connectivity index (χ1n) is 5.78. The molecule has 1 aromatic carbocycles. The van der Waals surface area contributed by atoms with Gasteiger partial charge in [0.25, 0.3) is 0 Å². The zero-order valence-corrected chi connectivity index (χ0v) is 10.6. The van der Waals surface area contributed by atoms with Crippen molar-refractivity contribution in [2.75, 3.05) is 7.05 Å². The number of carboxylic acids is 1. The maximum atomic E-state index is 11.3. The van der Waals surface area contributed by atoms with Gasteiger partial charge in [0.1, 0.15) is 0 Å². The Morgan fingerprint density at radius 3 is 2.44 bits per heavy atom. The zero-order valence-electron chi connectivity index (χ0n) is 10.6. The third-order valence-electron chi connectivity index (χ3n) is 2.70. The number of nitrogens with one attached hydrogen (secondary N) is 2. The second-order valence-corrected chi connectivity index (χ2v) is 4.06. The Hall–Kier alpha value is -1.88. The molecule has 0 heterocycles. The van der Waals surface area contributed by atoms with E-state index in [9.17, 15) is 9.59 Å². The monoisotopic (exact) mass is 250 g/mol. The highest BCUT2D eigenvalue weighted by molar-refractivity contribution is 5.80.